The molecule has 0 aliphatic heterocycles. The van der Waals surface area contributed by atoms with Gasteiger partial charge in [-0.05, 0) is 31.1 Å². The number of anilines is 2. The molecule has 2 fully saturated rings. The van der Waals surface area contributed by atoms with Crippen LogP contribution >= 0.6 is 11.3 Å². The van der Waals surface area contributed by atoms with Gasteiger partial charge >= 0.3 is 0 Å². The third kappa shape index (κ3) is 1.96. The van der Waals surface area contributed by atoms with E-state index in [4.69, 9.17) is 5.73 Å². The number of carbonyl (C=O) groups excluding carboxylic acids is 1. The van der Waals surface area contributed by atoms with Crippen LogP contribution in [0.3, 0.4) is 0 Å². The van der Waals surface area contributed by atoms with Crippen LogP contribution in [0.25, 0.3) is 0 Å². The summed E-state index contributed by atoms with van der Waals surface area (Å²) in [5.74, 6) is 1.23. The Balaban J connectivity index is 1.92. The Hall–Kier alpha value is -1.23. The van der Waals surface area contributed by atoms with Gasteiger partial charge in [0.05, 0.1) is 10.7 Å². The van der Waals surface area contributed by atoms with Crippen LogP contribution in [0.15, 0.2) is 0 Å². The van der Waals surface area contributed by atoms with E-state index in [1.165, 1.54) is 36.2 Å². The van der Waals surface area contributed by atoms with Gasteiger partial charge in [0.2, 0.25) is 0 Å². The second-order valence-corrected chi connectivity index (χ2v) is 6.43. The molecular weight excluding hydrogens is 246 g/mol. The molecule has 2 atom stereocenters. The lowest BCUT2D eigenvalue weighted by Crippen LogP contribution is -2.17. The summed E-state index contributed by atoms with van der Waals surface area (Å²) in [5, 5.41) is 7.35. The molecule has 0 spiro atoms. The highest BCUT2D eigenvalue weighted by atomic mass is 32.1. The standard InChI is InChI=1S/C13H19N3OS/c1-6-5-8(6)16-13-9(7-3-4-7)10(14)11(18-13)12(17)15-2/h6-8,16H,3-5,14H2,1-2H3,(H,15,17). The lowest BCUT2D eigenvalue weighted by atomic mass is 10.1. The molecule has 0 saturated heterocycles. The first-order chi connectivity index (χ1) is 8.61. The molecule has 98 valence electrons. The van der Waals surface area contributed by atoms with E-state index < -0.39 is 0 Å². The summed E-state index contributed by atoms with van der Waals surface area (Å²) in [6, 6.07) is 0.568. The SMILES string of the molecule is CNC(=O)c1sc(NC2CC2C)c(C2CC2)c1N. The number of hydrogen-bond donors (Lipinski definition) is 3. The molecule has 5 heteroatoms. The number of nitrogen functional groups attached to an aromatic ring is 1. The van der Waals surface area contributed by atoms with E-state index in [0.717, 1.165) is 10.9 Å². The summed E-state index contributed by atoms with van der Waals surface area (Å²) in [6.07, 6.45) is 3.61. The predicted molar refractivity (Wildman–Crippen MR) is 75.3 cm³/mol. The first-order valence-corrected chi connectivity index (χ1v) is 7.34. The molecule has 1 amide bonds. The Labute approximate surface area is 111 Å². The van der Waals surface area contributed by atoms with Crippen molar-refractivity contribution in [1.29, 1.82) is 0 Å². The van der Waals surface area contributed by atoms with Gasteiger partial charge in [-0.1, -0.05) is 6.92 Å². The van der Waals surface area contributed by atoms with Crippen LogP contribution < -0.4 is 16.4 Å². The van der Waals surface area contributed by atoms with Crippen LogP contribution in [0.4, 0.5) is 10.7 Å². The maximum Gasteiger partial charge on any atom is 0.263 e. The van der Waals surface area contributed by atoms with Crippen LogP contribution in [0, 0.1) is 5.92 Å². The van der Waals surface area contributed by atoms with Crippen molar-refractivity contribution in [2.24, 2.45) is 5.92 Å². The van der Waals surface area contributed by atoms with Gasteiger partial charge in [0.25, 0.3) is 5.91 Å². The summed E-state index contributed by atoms with van der Waals surface area (Å²) in [6.45, 7) is 2.24. The molecule has 18 heavy (non-hydrogen) atoms. The van der Waals surface area contributed by atoms with E-state index in [9.17, 15) is 4.79 Å². The first kappa shape index (κ1) is 11.8. The zero-order valence-corrected chi connectivity index (χ0v) is 11.6. The van der Waals surface area contributed by atoms with Crippen LogP contribution in [-0.2, 0) is 0 Å². The number of nitrogens with two attached hydrogens (primary N) is 1. The molecule has 0 aromatic carbocycles. The zero-order chi connectivity index (χ0) is 12.9. The normalized spacial score (nSPS) is 25.9. The Bertz CT molecular complexity index is 493. The van der Waals surface area contributed by atoms with Crippen molar-refractivity contribution >= 4 is 27.9 Å². The van der Waals surface area contributed by atoms with Crippen molar-refractivity contribution in [1.82, 2.24) is 5.32 Å². The van der Waals surface area contributed by atoms with Gasteiger partial charge in [-0.25, -0.2) is 0 Å². The zero-order valence-electron chi connectivity index (χ0n) is 10.7. The van der Waals surface area contributed by atoms with E-state index in [-0.39, 0.29) is 5.91 Å². The number of carbonyl (C=O) groups is 1. The van der Waals surface area contributed by atoms with Crippen molar-refractivity contribution in [3.63, 3.8) is 0 Å². The van der Waals surface area contributed by atoms with E-state index >= 15 is 0 Å². The van der Waals surface area contributed by atoms with Gasteiger partial charge in [-0.15, -0.1) is 11.3 Å². The Morgan fingerprint density at radius 2 is 2.11 bits per heavy atom. The summed E-state index contributed by atoms with van der Waals surface area (Å²) >= 11 is 1.51. The van der Waals surface area contributed by atoms with Crippen molar-refractivity contribution < 1.29 is 4.79 Å². The fourth-order valence-corrected chi connectivity index (χ4v) is 3.53. The second kappa shape index (κ2) is 4.16. The Kier molecular flexibility index (Phi) is 2.73. The lowest BCUT2D eigenvalue weighted by molar-refractivity contribution is 0.0968. The van der Waals surface area contributed by atoms with Gasteiger partial charge in [0, 0.05) is 18.7 Å². The number of amides is 1. The molecule has 0 bridgehead atoms. The average Bonchev–Trinajstić information content (AvgIpc) is 3.25. The molecule has 2 saturated carbocycles. The van der Waals surface area contributed by atoms with Crippen molar-refractivity contribution in [3.8, 4) is 0 Å². The molecule has 4 nitrogen and oxygen atoms in total. The first-order valence-electron chi connectivity index (χ1n) is 6.52. The van der Waals surface area contributed by atoms with Crippen molar-refractivity contribution in [3.05, 3.63) is 10.4 Å². The van der Waals surface area contributed by atoms with Crippen LogP contribution in [0.2, 0.25) is 0 Å². The largest absolute Gasteiger partial charge is 0.397 e. The minimum Gasteiger partial charge on any atom is -0.397 e. The van der Waals surface area contributed by atoms with Crippen molar-refractivity contribution in [2.75, 3.05) is 18.1 Å². The smallest absolute Gasteiger partial charge is 0.263 e. The van der Waals surface area contributed by atoms with Gasteiger partial charge in [0.15, 0.2) is 0 Å². The molecule has 2 aliphatic carbocycles. The minimum absolute atomic E-state index is 0.0729. The number of rotatable bonds is 4. The average molecular weight is 265 g/mol. The summed E-state index contributed by atoms with van der Waals surface area (Å²) < 4.78 is 0. The Morgan fingerprint density at radius 3 is 2.61 bits per heavy atom. The second-order valence-electron chi connectivity index (χ2n) is 5.40. The van der Waals surface area contributed by atoms with E-state index in [1.807, 2.05) is 0 Å². The molecule has 1 aromatic rings. The number of thiophene rings is 1. The lowest BCUT2D eigenvalue weighted by Gasteiger charge is -2.06. The van der Waals surface area contributed by atoms with E-state index in [1.54, 1.807) is 7.05 Å². The number of hydrogen-bond acceptors (Lipinski definition) is 4. The molecular formula is C13H19N3OS. The fraction of sp³-hybridized carbons (Fsp3) is 0.615. The highest BCUT2D eigenvalue weighted by Gasteiger charge is 2.37. The monoisotopic (exact) mass is 265 g/mol. The number of nitrogens with one attached hydrogen (secondary N) is 2. The third-order valence-electron chi connectivity index (χ3n) is 3.83. The molecule has 2 unspecified atom stereocenters. The molecule has 1 heterocycles. The minimum atomic E-state index is -0.0729. The Morgan fingerprint density at radius 1 is 1.44 bits per heavy atom. The van der Waals surface area contributed by atoms with Crippen LogP contribution in [0.5, 0.6) is 0 Å². The maximum atomic E-state index is 11.8. The van der Waals surface area contributed by atoms with Gasteiger partial charge in [0.1, 0.15) is 4.88 Å². The topological polar surface area (TPSA) is 67.2 Å². The molecule has 1 aromatic heterocycles. The molecule has 3 rings (SSSR count). The quantitative estimate of drug-likeness (QED) is 0.783. The van der Waals surface area contributed by atoms with E-state index in [2.05, 4.69) is 17.6 Å². The summed E-state index contributed by atoms with van der Waals surface area (Å²) in [5.41, 5.74) is 8.05. The highest BCUT2D eigenvalue weighted by molar-refractivity contribution is 7.18. The molecule has 4 N–H and O–H groups in total. The molecule has 2 aliphatic rings. The molecule has 0 radical (unpaired) electrons. The summed E-state index contributed by atoms with van der Waals surface area (Å²) in [7, 11) is 1.65. The third-order valence-corrected chi connectivity index (χ3v) is 4.98. The van der Waals surface area contributed by atoms with Crippen LogP contribution in [0.1, 0.15) is 47.3 Å². The fourth-order valence-electron chi connectivity index (χ4n) is 2.31. The van der Waals surface area contributed by atoms with Gasteiger partial charge < -0.3 is 16.4 Å². The highest BCUT2D eigenvalue weighted by Crippen LogP contribution is 2.51. The predicted octanol–water partition coefficient (Wildman–Crippen LogP) is 2.39. The maximum absolute atomic E-state index is 11.8. The summed E-state index contributed by atoms with van der Waals surface area (Å²) in [4.78, 5) is 12.5. The van der Waals surface area contributed by atoms with Crippen molar-refractivity contribution in [2.45, 2.75) is 38.1 Å². The van der Waals surface area contributed by atoms with Gasteiger partial charge in [-0.2, -0.15) is 0 Å². The van der Waals surface area contributed by atoms with E-state index in [0.29, 0.717) is 22.5 Å². The van der Waals surface area contributed by atoms with Gasteiger partial charge in [-0.3, -0.25) is 4.79 Å². The van der Waals surface area contributed by atoms with Crippen LogP contribution in [-0.4, -0.2) is 19.0 Å².